The largest absolute Gasteiger partial charge is 0.336 e. The van der Waals surface area contributed by atoms with Crippen LogP contribution in [0.5, 0.6) is 0 Å². The maximum atomic E-state index is 12.6. The summed E-state index contributed by atoms with van der Waals surface area (Å²) in [6, 6.07) is 7.96. The molecule has 1 heterocycles. The highest BCUT2D eigenvalue weighted by molar-refractivity contribution is 8.00. The maximum Gasteiger partial charge on any atom is 0.255 e. The normalized spacial score (nSPS) is 16.9. The van der Waals surface area contributed by atoms with Gasteiger partial charge in [0.1, 0.15) is 0 Å². The van der Waals surface area contributed by atoms with Gasteiger partial charge in [-0.25, -0.2) is 0 Å². The molecule has 0 aliphatic carbocycles. The molecule has 1 saturated heterocycles. The predicted octanol–water partition coefficient (Wildman–Crippen LogP) is 2.57. The van der Waals surface area contributed by atoms with E-state index in [2.05, 4.69) is 25.8 Å². The third-order valence-electron chi connectivity index (χ3n) is 3.27. The van der Waals surface area contributed by atoms with Gasteiger partial charge in [0.2, 0.25) is 0 Å². The summed E-state index contributed by atoms with van der Waals surface area (Å²) in [4.78, 5) is 17.9. The lowest BCUT2D eigenvalue weighted by Crippen LogP contribution is -2.47. The van der Waals surface area contributed by atoms with Crippen LogP contribution in [0, 0.1) is 0 Å². The molecule has 19 heavy (non-hydrogen) atoms. The van der Waals surface area contributed by atoms with Gasteiger partial charge in [-0.1, -0.05) is 26.0 Å². The summed E-state index contributed by atoms with van der Waals surface area (Å²) in [7, 11) is 2.10. The molecule has 1 aliphatic rings. The molecule has 2 rings (SSSR count). The van der Waals surface area contributed by atoms with Crippen molar-refractivity contribution in [2.24, 2.45) is 0 Å². The topological polar surface area (TPSA) is 23.6 Å². The first kappa shape index (κ1) is 14.4. The minimum absolute atomic E-state index is 0.178. The van der Waals surface area contributed by atoms with Gasteiger partial charge in [-0.15, -0.1) is 11.8 Å². The van der Waals surface area contributed by atoms with Crippen LogP contribution in [-0.4, -0.2) is 54.2 Å². The summed E-state index contributed by atoms with van der Waals surface area (Å²) in [5.74, 6) is 0.178. The lowest BCUT2D eigenvalue weighted by Gasteiger charge is -2.32. The highest BCUT2D eigenvalue weighted by Gasteiger charge is 2.22. The molecule has 1 aliphatic heterocycles. The number of thioether (sulfide) groups is 1. The number of amides is 1. The van der Waals surface area contributed by atoms with Crippen molar-refractivity contribution in [3.8, 4) is 0 Å². The summed E-state index contributed by atoms with van der Waals surface area (Å²) in [6.07, 6.45) is 0. The minimum atomic E-state index is 0.178. The number of hydrogen-bond acceptors (Lipinski definition) is 3. The molecule has 3 nitrogen and oxygen atoms in total. The molecule has 0 saturated carbocycles. The van der Waals surface area contributed by atoms with Crippen LogP contribution in [-0.2, 0) is 0 Å². The van der Waals surface area contributed by atoms with E-state index < -0.39 is 0 Å². The van der Waals surface area contributed by atoms with Crippen LogP contribution in [0.2, 0.25) is 0 Å². The third kappa shape index (κ3) is 3.74. The Bertz CT molecular complexity index is 440. The molecule has 0 N–H and O–H groups in total. The van der Waals surface area contributed by atoms with Gasteiger partial charge in [0, 0.05) is 36.3 Å². The van der Waals surface area contributed by atoms with Gasteiger partial charge in [0.15, 0.2) is 0 Å². The number of carbonyl (C=O) groups is 1. The number of nitrogens with zero attached hydrogens (tertiary/aromatic N) is 2. The summed E-state index contributed by atoms with van der Waals surface area (Å²) in [5.41, 5.74) is 0.853. The molecule has 1 aromatic rings. The summed E-state index contributed by atoms with van der Waals surface area (Å²) in [5, 5.41) is 0.487. The fourth-order valence-corrected chi connectivity index (χ4v) is 3.13. The van der Waals surface area contributed by atoms with E-state index in [0.717, 1.165) is 36.6 Å². The second-order valence-corrected chi connectivity index (χ2v) is 6.88. The Labute approximate surface area is 120 Å². The zero-order valence-corrected chi connectivity index (χ0v) is 12.7. The van der Waals surface area contributed by atoms with E-state index in [4.69, 9.17) is 0 Å². The quantitative estimate of drug-likeness (QED) is 0.794. The molecule has 0 aromatic heterocycles. The van der Waals surface area contributed by atoms with Gasteiger partial charge in [-0.3, -0.25) is 4.79 Å². The lowest BCUT2D eigenvalue weighted by molar-refractivity contribution is 0.0660. The standard InChI is InChI=1S/C15H22N2OS/c1-12(2)19-14-7-5-4-6-13(14)15(18)17-10-8-16(3)9-11-17/h4-7,12H,8-11H2,1-3H3. The molecule has 0 spiro atoms. The average molecular weight is 278 g/mol. The third-order valence-corrected chi connectivity index (χ3v) is 4.35. The van der Waals surface area contributed by atoms with Crippen LogP contribution in [0.1, 0.15) is 24.2 Å². The van der Waals surface area contributed by atoms with Gasteiger partial charge in [-0.05, 0) is 19.2 Å². The van der Waals surface area contributed by atoms with Crippen molar-refractivity contribution in [3.63, 3.8) is 0 Å². The molecular formula is C15H22N2OS. The van der Waals surface area contributed by atoms with E-state index in [1.165, 1.54) is 0 Å². The Hall–Kier alpha value is -1.00. The number of hydrogen-bond donors (Lipinski definition) is 0. The molecule has 1 fully saturated rings. The highest BCUT2D eigenvalue weighted by atomic mass is 32.2. The van der Waals surface area contributed by atoms with Crippen molar-refractivity contribution in [3.05, 3.63) is 29.8 Å². The fourth-order valence-electron chi connectivity index (χ4n) is 2.18. The van der Waals surface area contributed by atoms with Gasteiger partial charge in [-0.2, -0.15) is 0 Å². The van der Waals surface area contributed by atoms with Crippen LogP contribution in [0.4, 0.5) is 0 Å². The van der Waals surface area contributed by atoms with Gasteiger partial charge >= 0.3 is 0 Å². The number of rotatable bonds is 3. The van der Waals surface area contributed by atoms with Gasteiger partial charge in [0.05, 0.1) is 5.56 Å². The second kappa shape index (κ2) is 6.44. The second-order valence-electron chi connectivity index (χ2n) is 5.26. The van der Waals surface area contributed by atoms with Crippen LogP contribution in [0.15, 0.2) is 29.2 Å². The SMILES string of the molecule is CC(C)Sc1ccccc1C(=O)N1CCN(C)CC1. The number of benzene rings is 1. The lowest BCUT2D eigenvalue weighted by atomic mass is 10.2. The molecule has 0 bridgehead atoms. The van der Waals surface area contributed by atoms with Crippen molar-refractivity contribution >= 4 is 17.7 Å². The van der Waals surface area contributed by atoms with Crippen molar-refractivity contribution in [1.82, 2.24) is 9.80 Å². The average Bonchev–Trinajstić information content (AvgIpc) is 2.39. The summed E-state index contributed by atoms with van der Waals surface area (Å²) >= 11 is 1.76. The molecule has 1 aromatic carbocycles. The molecule has 0 unspecified atom stereocenters. The Morgan fingerprint density at radius 2 is 1.79 bits per heavy atom. The minimum Gasteiger partial charge on any atom is -0.336 e. The zero-order valence-electron chi connectivity index (χ0n) is 11.9. The highest BCUT2D eigenvalue weighted by Crippen LogP contribution is 2.27. The van der Waals surface area contributed by atoms with E-state index in [1.54, 1.807) is 11.8 Å². The molecule has 1 amide bonds. The Morgan fingerprint density at radius 3 is 2.42 bits per heavy atom. The first-order valence-corrected chi connectivity index (χ1v) is 7.69. The Kier molecular flexibility index (Phi) is 4.88. The summed E-state index contributed by atoms with van der Waals surface area (Å²) < 4.78 is 0. The Morgan fingerprint density at radius 1 is 1.16 bits per heavy atom. The predicted molar refractivity (Wildman–Crippen MR) is 80.8 cm³/mol. The van der Waals surface area contributed by atoms with Crippen molar-refractivity contribution < 1.29 is 4.79 Å². The Balaban J connectivity index is 2.14. The molecule has 4 heteroatoms. The van der Waals surface area contributed by atoms with Crippen molar-refractivity contribution in [1.29, 1.82) is 0 Å². The number of carbonyl (C=O) groups excluding carboxylic acids is 1. The van der Waals surface area contributed by atoms with Crippen molar-refractivity contribution in [2.45, 2.75) is 24.0 Å². The molecule has 104 valence electrons. The van der Waals surface area contributed by atoms with E-state index in [-0.39, 0.29) is 5.91 Å². The number of piperazine rings is 1. The monoisotopic (exact) mass is 278 g/mol. The van der Waals surface area contributed by atoms with Crippen LogP contribution >= 0.6 is 11.8 Å². The van der Waals surface area contributed by atoms with Gasteiger partial charge < -0.3 is 9.80 Å². The smallest absolute Gasteiger partial charge is 0.255 e. The fraction of sp³-hybridized carbons (Fsp3) is 0.533. The summed E-state index contributed by atoms with van der Waals surface area (Å²) in [6.45, 7) is 7.89. The first-order chi connectivity index (χ1) is 9.08. The van der Waals surface area contributed by atoms with Crippen LogP contribution < -0.4 is 0 Å². The molecular weight excluding hydrogens is 256 g/mol. The first-order valence-electron chi connectivity index (χ1n) is 6.81. The van der Waals surface area contributed by atoms with Crippen molar-refractivity contribution in [2.75, 3.05) is 33.2 Å². The number of likely N-dealkylation sites (N-methyl/N-ethyl adjacent to an activating group) is 1. The van der Waals surface area contributed by atoms with E-state index in [1.807, 2.05) is 29.2 Å². The van der Waals surface area contributed by atoms with E-state index >= 15 is 0 Å². The molecule has 0 atom stereocenters. The van der Waals surface area contributed by atoms with Gasteiger partial charge in [0.25, 0.3) is 5.91 Å². The molecule has 0 radical (unpaired) electrons. The van der Waals surface area contributed by atoms with Crippen LogP contribution in [0.3, 0.4) is 0 Å². The van der Waals surface area contributed by atoms with Crippen LogP contribution in [0.25, 0.3) is 0 Å². The zero-order chi connectivity index (χ0) is 13.8. The van der Waals surface area contributed by atoms with E-state index in [9.17, 15) is 4.79 Å². The maximum absolute atomic E-state index is 12.6. The van der Waals surface area contributed by atoms with E-state index in [0.29, 0.717) is 5.25 Å².